The number of fused-ring (bicyclic) bond motifs is 1. The van der Waals surface area contributed by atoms with Crippen molar-refractivity contribution in [2.24, 2.45) is 0 Å². The molecule has 1 aromatic carbocycles. The minimum Gasteiger partial charge on any atom is -0.490 e. The van der Waals surface area contributed by atoms with Gasteiger partial charge in [0.25, 0.3) is 0 Å². The highest BCUT2D eigenvalue weighted by Gasteiger charge is 2.31. The first-order chi connectivity index (χ1) is 14.5. The average molecular weight is 448 g/mol. The molecule has 1 aliphatic heterocycles. The van der Waals surface area contributed by atoms with Crippen molar-refractivity contribution in [2.45, 2.75) is 13.1 Å². The smallest absolute Gasteiger partial charge is 0.322 e. The highest BCUT2D eigenvalue weighted by molar-refractivity contribution is 6.37. The molecule has 0 spiro atoms. The first-order valence-electron chi connectivity index (χ1n) is 9.17. The van der Waals surface area contributed by atoms with Gasteiger partial charge in [-0.05, 0) is 24.3 Å². The Kier molecular flexibility index (Phi) is 5.80. The van der Waals surface area contributed by atoms with Crippen molar-refractivity contribution in [3.8, 4) is 17.0 Å². The first kappa shape index (κ1) is 20.5. The number of hydrogen-bond acceptors (Lipinski definition) is 6. The molecule has 1 aliphatic carbocycles. The van der Waals surface area contributed by atoms with Crippen molar-refractivity contribution in [1.29, 1.82) is 0 Å². The van der Waals surface area contributed by atoms with Crippen LogP contribution in [0.2, 0.25) is 10.0 Å². The first-order valence-corrected chi connectivity index (χ1v) is 9.92. The van der Waals surface area contributed by atoms with Crippen LogP contribution in [0.5, 0.6) is 5.75 Å². The van der Waals surface area contributed by atoms with Gasteiger partial charge in [-0.15, -0.1) is 0 Å². The van der Waals surface area contributed by atoms with E-state index in [2.05, 4.69) is 15.3 Å². The summed E-state index contributed by atoms with van der Waals surface area (Å²) in [6.07, 6.45) is 5.50. The number of nitrogens with two attached hydrogens (primary N) is 1. The number of allylic oxidation sites excluding steroid dienone is 3. The standard InChI is InChI=1S/C20H19Cl2N5O3/c1-29-5-6-30-16-8-11(21)7-14(22)17(16)18-13-9-27(10-15(13)25-19(23)26-18)20(28)24-12-3-2-4-12/h2-4,7-8H,5-6,9-10H2,1H3,(H,24,28)(H2,23,25,26). The lowest BCUT2D eigenvalue weighted by atomic mass is 10.0. The molecule has 0 saturated carbocycles. The summed E-state index contributed by atoms with van der Waals surface area (Å²) in [5.74, 6) is 0.544. The van der Waals surface area contributed by atoms with Gasteiger partial charge in [-0.25, -0.2) is 14.8 Å². The molecule has 2 aliphatic rings. The second kappa shape index (κ2) is 8.51. The van der Waals surface area contributed by atoms with E-state index >= 15 is 0 Å². The van der Waals surface area contributed by atoms with Crippen LogP contribution < -0.4 is 15.8 Å². The van der Waals surface area contributed by atoms with E-state index < -0.39 is 0 Å². The fourth-order valence-electron chi connectivity index (χ4n) is 3.23. The third-order valence-corrected chi connectivity index (χ3v) is 5.21. The molecule has 0 atom stereocenters. The Morgan fingerprint density at radius 1 is 1.27 bits per heavy atom. The van der Waals surface area contributed by atoms with Gasteiger partial charge in [0.05, 0.1) is 41.7 Å². The maximum Gasteiger partial charge on any atom is 0.322 e. The van der Waals surface area contributed by atoms with Crippen LogP contribution >= 0.6 is 23.2 Å². The second-order valence-corrected chi connectivity index (χ2v) is 7.57. The number of hydrogen-bond donors (Lipinski definition) is 2. The minimum atomic E-state index is -0.230. The summed E-state index contributed by atoms with van der Waals surface area (Å²) < 4.78 is 10.9. The molecule has 10 heteroatoms. The second-order valence-electron chi connectivity index (χ2n) is 6.73. The van der Waals surface area contributed by atoms with Crippen LogP contribution in [-0.4, -0.2) is 41.2 Å². The number of benzene rings is 1. The number of anilines is 1. The lowest BCUT2D eigenvalue weighted by Crippen LogP contribution is -2.36. The molecule has 30 heavy (non-hydrogen) atoms. The molecule has 2 amide bonds. The van der Waals surface area contributed by atoms with Gasteiger partial charge in [0.1, 0.15) is 12.4 Å². The van der Waals surface area contributed by atoms with E-state index in [9.17, 15) is 4.79 Å². The molecule has 3 N–H and O–H groups in total. The van der Waals surface area contributed by atoms with Crippen molar-refractivity contribution in [1.82, 2.24) is 20.2 Å². The third kappa shape index (κ3) is 4.07. The van der Waals surface area contributed by atoms with Gasteiger partial charge in [0.15, 0.2) is 0 Å². The molecule has 2 aromatic rings. The third-order valence-electron chi connectivity index (χ3n) is 4.69. The molecule has 8 nitrogen and oxygen atoms in total. The van der Waals surface area contributed by atoms with E-state index in [1.807, 2.05) is 18.2 Å². The fourth-order valence-corrected chi connectivity index (χ4v) is 3.80. The molecule has 1 aromatic heterocycles. The Morgan fingerprint density at radius 2 is 2.07 bits per heavy atom. The van der Waals surface area contributed by atoms with Gasteiger partial charge in [0, 0.05) is 23.4 Å². The van der Waals surface area contributed by atoms with Crippen molar-refractivity contribution in [3.05, 3.63) is 57.4 Å². The highest BCUT2D eigenvalue weighted by Crippen LogP contribution is 2.42. The largest absolute Gasteiger partial charge is 0.490 e. The van der Waals surface area contributed by atoms with Gasteiger partial charge in [-0.1, -0.05) is 29.3 Å². The number of aromatic nitrogens is 2. The molecule has 0 radical (unpaired) electrons. The van der Waals surface area contributed by atoms with Gasteiger partial charge in [-0.3, -0.25) is 0 Å². The molecule has 0 fully saturated rings. The number of carbonyl (C=O) groups excluding carboxylic acids is 1. The van der Waals surface area contributed by atoms with Gasteiger partial charge in [-0.2, -0.15) is 0 Å². The quantitative estimate of drug-likeness (QED) is 0.656. The summed E-state index contributed by atoms with van der Waals surface area (Å²) in [6.45, 7) is 1.32. The van der Waals surface area contributed by atoms with Crippen molar-refractivity contribution >= 4 is 35.2 Å². The summed E-state index contributed by atoms with van der Waals surface area (Å²) in [6, 6.07) is 3.05. The van der Waals surface area contributed by atoms with Crippen molar-refractivity contribution in [2.75, 3.05) is 26.1 Å². The van der Waals surface area contributed by atoms with Gasteiger partial charge < -0.3 is 25.4 Å². The Bertz CT molecular complexity index is 1070. The molecule has 0 bridgehead atoms. The van der Waals surface area contributed by atoms with Crippen LogP contribution in [0, 0.1) is 0 Å². The summed E-state index contributed by atoms with van der Waals surface area (Å²) in [7, 11) is 1.59. The van der Waals surface area contributed by atoms with E-state index in [0.717, 1.165) is 11.3 Å². The van der Waals surface area contributed by atoms with E-state index in [4.69, 9.17) is 38.4 Å². The molecule has 0 saturated heterocycles. The van der Waals surface area contributed by atoms with Crippen LogP contribution in [0.1, 0.15) is 11.3 Å². The van der Waals surface area contributed by atoms with E-state index in [0.29, 0.717) is 59.0 Å². The number of nitrogen functional groups attached to an aromatic ring is 1. The Hall–Kier alpha value is -2.81. The Balaban J connectivity index is 1.70. The zero-order valence-electron chi connectivity index (χ0n) is 16.1. The van der Waals surface area contributed by atoms with Gasteiger partial charge in [0.2, 0.25) is 5.95 Å². The molecular formula is C20H19Cl2N5O3. The maximum absolute atomic E-state index is 12.6. The monoisotopic (exact) mass is 447 g/mol. The predicted molar refractivity (Wildman–Crippen MR) is 114 cm³/mol. The summed E-state index contributed by atoms with van der Waals surface area (Å²) in [4.78, 5) is 23.0. The summed E-state index contributed by atoms with van der Waals surface area (Å²) in [5, 5.41) is 3.62. The molecule has 2 heterocycles. The van der Waals surface area contributed by atoms with Crippen LogP contribution in [-0.2, 0) is 17.8 Å². The van der Waals surface area contributed by atoms with Crippen LogP contribution in [0.3, 0.4) is 0 Å². The SMILES string of the molecule is COCCOc1cc(Cl)cc(Cl)c1-c1nc(N)nc2c1CN(C(=O)NC1=CC=C1)C2. The zero-order chi connectivity index (χ0) is 21.3. The summed E-state index contributed by atoms with van der Waals surface area (Å²) in [5.41, 5.74) is 9.22. The van der Waals surface area contributed by atoms with E-state index in [1.54, 1.807) is 24.1 Å². The summed E-state index contributed by atoms with van der Waals surface area (Å²) >= 11 is 12.7. The number of rotatable bonds is 6. The lowest BCUT2D eigenvalue weighted by Gasteiger charge is -2.18. The normalized spacial score (nSPS) is 14.2. The maximum atomic E-state index is 12.6. The number of amides is 2. The highest BCUT2D eigenvalue weighted by atomic mass is 35.5. The molecule has 0 unspecified atom stereocenters. The van der Waals surface area contributed by atoms with Crippen molar-refractivity contribution in [3.63, 3.8) is 0 Å². The predicted octanol–water partition coefficient (Wildman–Crippen LogP) is 3.54. The number of halogens is 2. The molecule has 156 valence electrons. The Labute approximate surface area is 183 Å². The van der Waals surface area contributed by atoms with E-state index in [-0.39, 0.29) is 12.0 Å². The number of urea groups is 1. The van der Waals surface area contributed by atoms with Crippen molar-refractivity contribution < 1.29 is 14.3 Å². The number of nitrogens with one attached hydrogen (secondary N) is 1. The van der Waals surface area contributed by atoms with Gasteiger partial charge >= 0.3 is 6.03 Å². The fraction of sp³-hybridized carbons (Fsp3) is 0.250. The number of methoxy groups -OCH3 is 1. The topological polar surface area (TPSA) is 103 Å². The Morgan fingerprint density at radius 3 is 2.77 bits per heavy atom. The number of carbonyl (C=O) groups is 1. The number of ether oxygens (including phenoxy) is 2. The van der Waals surface area contributed by atoms with Crippen LogP contribution in [0.25, 0.3) is 11.3 Å². The van der Waals surface area contributed by atoms with E-state index in [1.165, 1.54) is 0 Å². The average Bonchev–Trinajstić information content (AvgIpc) is 3.08. The number of nitrogens with zero attached hydrogens (tertiary/aromatic N) is 3. The molecule has 4 rings (SSSR count). The molecular weight excluding hydrogens is 429 g/mol. The zero-order valence-corrected chi connectivity index (χ0v) is 17.6. The minimum absolute atomic E-state index is 0.0875. The van der Waals surface area contributed by atoms with Crippen LogP contribution in [0.15, 0.2) is 36.1 Å². The lowest BCUT2D eigenvalue weighted by molar-refractivity contribution is 0.146. The van der Waals surface area contributed by atoms with Crippen LogP contribution in [0.4, 0.5) is 10.7 Å².